The number of phenolic OH excluding ortho intramolecular Hbond substituents is 1. The molecule has 2 atom stereocenters. The Morgan fingerprint density at radius 3 is 1.95 bits per heavy atom. The van der Waals surface area contributed by atoms with Gasteiger partial charge in [0.1, 0.15) is 17.8 Å². The van der Waals surface area contributed by atoms with Crippen molar-refractivity contribution in [3.05, 3.63) is 47.5 Å². The summed E-state index contributed by atoms with van der Waals surface area (Å²) in [5.74, 6) is -2.70. The van der Waals surface area contributed by atoms with Gasteiger partial charge in [-0.25, -0.2) is 4.79 Å². The summed E-state index contributed by atoms with van der Waals surface area (Å²) in [6.07, 6.45) is -0.635. The van der Waals surface area contributed by atoms with Gasteiger partial charge in [-0.05, 0) is 36.2 Å². The first kappa shape index (κ1) is 28.8. The van der Waals surface area contributed by atoms with Crippen molar-refractivity contribution in [1.29, 1.82) is 0 Å². The summed E-state index contributed by atoms with van der Waals surface area (Å²) in [6.45, 7) is 0. The van der Waals surface area contributed by atoms with Crippen LogP contribution in [0.1, 0.15) is 28.8 Å². The van der Waals surface area contributed by atoms with Crippen LogP contribution in [-0.2, 0) is 25.5 Å². The molecule has 200 valence electrons. The van der Waals surface area contributed by atoms with Crippen molar-refractivity contribution in [3.8, 4) is 23.0 Å². The normalized spacial score (nSPS) is 12.0. The lowest BCUT2D eigenvalue weighted by atomic mass is 10.0. The van der Waals surface area contributed by atoms with E-state index in [1.54, 1.807) is 12.1 Å². The second-order valence-electron chi connectivity index (χ2n) is 7.83. The first-order chi connectivity index (χ1) is 17.6. The van der Waals surface area contributed by atoms with Crippen LogP contribution in [0.3, 0.4) is 0 Å². The van der Waals surface area contributed by atoms with Gasteiger partial charge in [0.2, 0.25) is 11.7 Å². The number of methoxy groups -OCH3 is 4. The molecule has 0 aliphatic carbocycles. The van der Waals surface area contributed by atoms with Gasteiger partial charge in [0.25, 0.3) is 5.91 Å². The molecular weight excluding hydrogens is 488 g/mol. The standard InChI is InChI=1S/C25H30N2O10/c1-34-19-12-15(13-20(35-2)22(19)36-3)23(31)26-17(9-10-21(29)30)24(32)27-18(25(33)37-4)11-14-5-7-16(28)8-6-14/h5-8,12-13,17-18,28H,9-11H2,1-4H3,(H,26,31)(H,27,32)(H,29,30)/t17-,18+/m0/s1. The minimum atomic E-state index is -1.30. The quantitative estimate of drug-likeness (QED) is 0.283. The Hall–Kier alpha value is -4.48. The molecule has 0 saturated heterocycles. The number of carboxylic acids is 1. The van der Waals surface area contributed by atoms with Crippen molar-refractivity contribution in [2.24, 2.45) is 0 Å². The molecule has 0 radical (unpaired) electrons. The van der Waals surface area contributed by atoms with Crippen LogP contribution in [0.2, 0.25) is 0 Å². The zero-order valence-corrected chi connectivity index (χ0v) is 20.9. The maximum atomic E-state index is 13.1. The summed E-state index contributed by atoms with van der Waals surface area (Å²) >= 11 is 0. The first-order valence-corrected chi connectivity index (χ1v) is 11.1. The number of carboxylic acid groups (broad SMARTS) is 1. The Balaban J connectivity index is 2.28. The lowest BCUT2D eigenvalue weighted by Crippen LogP contribution is -2.52. The van der Waals surface area contributed by atoms with Crippen LogP contribution >= 0.6 is 0 Å². The van der Waals surface area contributed by atoms with Gasteiger partial charge in [-0.3, -0.25) is 14.4 Å². The van der Waals surface area contributed by atoms with E-state index in [-0.39, 0.29) is 41.4 Å². The molecule has 37 heavy (non-hydrogen) atoms. The summed E-state index contributed by atoms with van der Waals surface area (Å²) in [4.78, 5) is 49.7. The number of rotatable bonds is 13. The molecule has 2 rings (SSSR count). The lowest BCUT2D eigenvalue weighted by molar-refractivity contribution is -0.145. The molecule has 2 aromatic carbocycles. The fourth-order valence-corrected chi connectivity index (χ4v) is 3.47. The van der Waals surface area contributed by atoms with E-state index in [1.165, 1.54) is 45.6 Å². The van der Waals surface area contributed by atoms with Crippen molar-refractivity contribution in [1.82, 2.24) is 10.6 Å². The first-order valence-electron chi connectivity index (χ1n) is 11.1. The van der Waals surface area contributed by atoms with Crippen molar-refractivity contribution in [2.75, 3.05) is 28.4 Å². The molecule has 2 amide bonds. The predicted octanol–water partition coefficient (Wildman–Crippen LogP) is 1.28. The number of ether oxygens (including phenoxy) is 4. The van der Waals surface area contributed by atoms with E-state index in [0.717, 1.165) is 7.11 Å². The number of nitrogens with one attached hydrogen (secondary N) is 2. The van der Waals surface area contributed by atoms with Crippen LogP contribution in [0.15, 0.2) is 36.4 Å². The minimum absolute atomic E-state index is 0.0329. The van der Waals surface area contributed by atoms with Gasteiger partial charge >= 0.3 is 11.9 Å². The number of hydrogen-bond acceptors (Lipinski definition) is 9. The maximum absolute atomic E-state index is 13.1. The molecule has 0 aliphatic rings. The average Bonchev–Trinajstić information content (AvgIpc) is 2.89. The smallest absolute Gasteiger partial charge is 0.328 e. The highest BCUT2D eigenvalue weighted by Crippen LogP contribution is 2.38. The molecule has 12 nitrogen and oxygen atoms in total. The molecule has 2 aromatic rings. The van der Waals surface area contributed by atoms with Gasteiger partial charge < -0.3 is 39.8 Å². The second kappa shape index (κ2) is 13.6. The molecule has 0 aliphatic heterocycles. The van der Waals surface area contributed by atoms with Crippen LogP contribution in [0.25, 0.3) is 0 Å². The largest absolute Gasteiger partial charge is 0.508 e. The third-order valence-electron chi connectivity index (χ3n) is 5.37. The fraction of sp³-hybridized carbons (Fsp3) is 0.360. The summed E-state index contributed by atoms with van der Waals surface area (Å²) in [5, 5.41) is 23.6. The zero-order valence-electron chi connectivity index (χ0n) is 20.9. The lowest BCUT2D eigenvalue weighted by Gasteiger charge is -2.22. The summed E-state index contributed by atoms with van der Waals surface area (Å²) in [6, 6.07) is 6.34. The Bertz CT molecular complexity index is 1090. The van der Waals surface area contributed by atoms with E-state index in [2.05, 4.69) is 10.6 Å². The molecule has 0 unspecified atom stereocenters. The topological polar surface area (TPSA) is 170 Å². The number of carbonyl (C=O) groups excluding carboxylic acids is 3. The van der Waals surface area contributed by atoms with E-state index in [4.69, 9.17) is 24.1 Å². The number of benzene rings is 2. The highest BCUT2D eigenvalue weighted by molar-refractivity contribution is 5.99. The third-order valence-corrected chi connectivity index (χ3v) is 5.37. The molecule has 0 aromatic heterocycles. The Labute approximate surface area is 213 Å². The van der Waals surface area contributed by atoms with Gasteiger partial charge in [0, 0.05) is 18.4 Å². The number of aromatic hydroxyl groups is 1. The summed E-state index contributed by atoms with van der Waals surface area (Å²) in [7, 11) is 5.32. The van der Waals surface area contributed by atoms with Crippen molar-refractivity contribution in [2.45, 2.75) is 31.3 Å². The van der Waals surface area contributed by atoms with E-state index >= 15 is 0 Å². The maximum Gasteiger partial charge on any atom is 0.328 e. The van der Waals surface area contributed by atoms with Crippen LogP contribution in [0, 0.1) is 0 Å². The number of aliphatic carboxylic acids is 1. The highest BCUT2D eigenvalue weighted by Gasteiger charge is 2.29. The van der Waals surface area contributed by atoms with Gasteiger partial charge in [-0.1, -0.05) is 12.1 Å². The van der Waals surface area contributed by atoms with E-state index in [9.17, 15) is 24.3 Å². The molecular formula is C25H30N2O10. The summed E-state index contributed by atoms with van der Waals surface area (Å²) < 4.78 is 20.5. The average molecular weight is 519 g/mol. The van der Waals surface area contributed by atoms with Crippen molar-refractivity contribution >= 4 is 23.8 Å². The highest BCUT2D eigenvalue weighted by atomic mass is 16.5. The van der Waals surface area contributed by atoms with E-state index in [1.807, 2.05) is 0 Å². The number of amides is 2. The van der Waals surface area contributed by atoms with Crippen LogP contribution in [-0.4, -0.2) is 74.5 Å². The van der Waals surface area contributed by atoms with Crippen molar-refractivity contribution in [3.63, 3.8) is 0 Å². The van der Waals surface area contributed by atoms with E-state index < -0.39 is 42.3 Å². The number of carbonyl (C=O) groups is 4. The SMILES string of the molecule is COC(=O)[C@@H](Cc1ccc(O)cc1)NC(=O)[C@H](CCC(=O)O)NC(=O)c1cc(OC)c(OC)c(OC)c1. The second-order valence-corrected chi connectivity index (χ2v) is 7.83. The molecule has 0 saturated carbocycles. The van der Waals surface area contributed by atoms with Gasteiger partial charge in [0.15, 0.2) is 11.5 Å². The minimum Gasteiger partial charge on any atom is -0.508 e. The number of phenols is 1. The Morgan fingerprint density at radius 2 is 1.46 bits per heavy atom. The number of esters is 1. The van der Waals surface area contributed by atoms with Crippen LogP contribution in [0.5, 0.6) is 23.0 Å². The predicted molar refractivity (Wildman–Crippen MR) is 130 cm³/mol. The van der Waals surface area contributed by atoms with Crippen molar-refractivity contribution < 1.29 is 48.3 Å². The van der Waals surface area contributed by atoms with Gasteiger partial charge in [-0.15, -0.1) is 0 Å². The number of hydrogen-bond donors (Lipinski definition) is 4. The monoisotopic (exact) mass is 518 g/mol. The van der Waals surface area contributed by atoms with Gasteiger partial charge in [-0.2, -0.15) is 0 Å². The zero-order chi connectivity index (χ0) is 27.5. The van der Waals surface area contributed by atoms with E-state index in [0.29, 0.717) is 5.56 Å². The van der Waals surface area contributed by atoms with Crippen LogP contribution in [0.4, 0.5) is 0 Å². The molecule has 12 heteroatoms. The molecule has 0 heterocycles. The molecule has 0 bridgehead atoms. The van der Waals surface area contributed by atoms with Gasteiger partial charge in [0.05, 0.1) is 28.4 Å². The molecule has 4 N–H and O–H groups in total. The Kier molecular flexibility index (Phi) is 10.5. The summed E-state index contributed by atoms with van der Waals surface area (Å²) in [5.41, 5.74) is 0.688. The third kappa shape index (κ3) is 8.02. The Morgan fingerprint density at radius 1 is 0.865 bits per heavy atom. The molecule has 0 fully saturated rings. The molecule has 0 spiro atoms. The van der Waals surface area contributed by atoms with Crippen LogP contribution < -0.4 is 24.8 Å². The fourth-order valence-electron chi connectivity index (χ4n) is 3.47.